The zero-order valence-electron chi connectivity index (χ0n) is 11.5. The van der Waals surface area contributed by atoms with Crippen molar-refractivity contribution in [2.24, 2.45) is 0 Å². The number of benzene rings is 1. The molecule has 0 heterocycles. The number of aromatic carboxylic acids is 1. The van der Waals surface area contributed by atoms with Crippen LogP contribution in [0.3, 0.4) is 0 Å². The molecule has 1 atom stereocenters. The summed E-state index contributed by atoms with van der Waals surface area (Å²) in [4.78, 5) is 24.4. The number of hydrogen-bond acceptors (Lipinski definition) is 3. The summed E-state index contributed by atoms with van der Waals surface area (Å²) in [6.07, 6.45) is 0. The molecule has 1 aromatic carbocycles. The Kier molecular flexibility index (Phi) is 5.79. The van der Waals surface area contributed by atoms with Crippen LogP contribution >= 0.6 is 11.6 Å². The maximum Gasteiger partial charge on any atom is 0.335 e. The van der Waals surface area contributed by atoms with Gasteiger partial charge in [0.05, 0.1) is 18.2 Å². The van der Waals surface area contributed by atoms with Crippen LogP contribution in [0.2, 0.25) is 5.02 Å². The lowest BCUT2D eigenvalue weighted by atomic mass is 10.2. The maximum absolute atomic E-state index is 12.0. The fourth-order valence-corrected chi connectivity index (χ4v) is 1.79. The highest BCUT2D eigenvalue weighted by Crippen LogP contribution is 2.19. The van der Waals surface area contributed by atoms with E-state index in [1.807, 2.05) is 6.92 Å². The average Bonchev–Trinajstić information content (AvgIpc) is 2.37. The molecular formula is C13H17ClN2O4. The summed E-state index contributed by atoms with van der Waals surface area (Å²) in [5, 5.41) is 11.8. The average molecular weight is 301 g/mol. The first-order chi connectivity index (χ1) is 9.35. The van der Waals surface area contributed by atoms with Crippen LogP contribution in [0, 0.1) is 0 Å². The summed E-state index contributed by atoms with van der Waals surface area (Å²) in [7, 11) is 3.18. The van der Waals surface area contributed by atoms with Gasteiger partial charge in [0.25, 0.3) is 0 Å². The molecule has 0 bridgehead atoms. The van der Waals surface area contributed by atoms with Crippen LogP contribution < -0.4 is 5.32 Å². The molecule has 7 heteroatoms. The van der Waals surface area contributed by atoms with Gasteiger partial charge in [0.1, 0.15) is 0 Å². The van der Waals surface area contributed by atoms with Crippen molar-refractivity contribution in [1.82, 2.24) is 4.90 Å². The van der Waals surface area contributed by atoms with E-state index in [1.165, 1.54) is 23.1 Å². The minimum absolute atomic E-state index is 0.0143. The molecule has 0 aliphatic carbocycles. The summed E-state index contributed by atoms with van der Waals surface area (Å²) in [6.45, 7) is 2.24. The normalized spacial score (nSPS) is 11.8. The third kappa shape index (κ3) is 4.40. The Morgan fingerprint density at radius 1 is 1.45 bits per heavy atom. The minimum atomic E-state index is -1.11. The highest BCUT2D eigenvalue weighted by molar-refractivity contribution is 6.31. The summed E-state index contributed by atoms with van der Waals surface area (Å²) in [6, 6.07) is 3.67. The molecule has 110 valence electrons. The Balaban J connectivity index is 2.82. The van der Waals surface area contributed by atoms with E-state index in [-0.39, 0.29) is 22.7 Å². The van der Waals surface area contributed by atoms with Crippen LogP contribution in [0.4, 0.5) is 10.5 Å². The van der Waals surface area contributed by atoms with E-state index in [1.54, 1.807) is 14.2 Å². The van der Waals surface area contributed by atoms with E-state index >= 15 is 0 Å². The number of carbonyl (C=O) groups excluding carboxylic acids is 1. The van der Waals surface area contributed by atoms with E-state index in [4.69, 9.17) is 21.4 Å². The molecule has 0 spiro atoms. The van der Waals surface area contributed by atoms with Gasteiger partial charge in [-0.2, -0.15) is 0 Å². The molecule has 20 heavy (non-hydrogen) atoms. The predicted molar refractivity (Wildman–Crippen MR) is 76.5 cm³/mol. The van der Waals surface area contributed by atoms with E-state index in [9.17, 15) is 9.59 Å². The van der Waals surface area contributed by atoms with Gasteiger partial charge in [-0.3, -0.25) is 0 Å². The van der Waals surface area contributed by atoms with E-state index in [2.05, 4.69) is 5.32 Å². The molecule has 0 saturated carbocycles. The first-order valence-electron chi connectivity index (χ1n) is 5.91. The third-order valence-electron chi connectivity index (χ3n) is 2.79. The Labute approximate surface area is 122 Å². The van der Waals surface area contributed by atoms with Crippen LogP contribution in [0.1, 0.15) is 17.3 Å². The summed E-state index contributed by atoms with van der Waals surface area (Å²) < 4.78 is 4.97. The first kappa shape index (κ1) is 16.3. The maximum atomic E-state index is 12.0. The first-order valence-corrected chi connectivity index (χ1v) is 6.29. The lowest BCUT2D eigenvalue weighted by Crippen LogP contribution is -2.40. The fraction of sp³-hybridized carbons (Fsp3) is 0.385. The van der Waals surface area contributed by atoms with E-state index in [0.717, 1.165) is 0 Å². The van der Waals surface area contributed by atoms with Crippen LogP contribution in [-0.4, -0.2) is 48.8 Å². The van der Waals surface area contributed by atoms with Crippen molar-refractivity contribution >= 4 is 29.3 Å². The van der Waals surface area contributed by atoms with Gasteiger partial charge in [0.2, 0.25) is 0 Å². The number of nitrogens with one attached hydrogen (secondary N) is 1. The zero-order chi connectivity index (χ0) is 15.3. The highest BCUT2D eigenvalue weighted by atomic mass is 35.5. The van der Waals surface area contributed by atoms with Gasteiger partial charge in [-0.1, -0.05) is 11.6 Å². The predicted octanol–water partition coefficient (Wildman–Crippen LogP) is 2.54. The number of amides is 2. The molecule has 0 radical (unpaired) electrons. The van der Waals surface area contributed by atoms with Crippen molar-refractivity contribution in [3.63, 3.8) is 0 Å². The van der Waals surface area contributed by atoms with E-state index < -0.39 is 5.97 Å². The Hall–Kier alpha value is -1.79. The molecule has 1 rings (SSSR count). The molecule has 0 aromatic heterocycles. The smallest absolute Gasteiger partial charge is 0.335 e. The number of nitrogens with zero attached hydrogens (tertiary/aromatic N) is 1. The van der Waals surface area contributed by atoms with Crippen molar-refractivity contribution in [1.29, 1.82) is 0 Å². The Morgan fingerprint density at radius 2 is 2.10 bits per heavy atom. The van der Waals surface area contributed by atoms with Crippen molar-refractivity contribution in [2.45, 2.75) is 13.0 Å². The summed E-state index contributed by atoms with van der Waals surface area (Å²) >= 11 is 5.82. The van der Waals surface area contributed by atoms with Crippen molar-refractivity contribution in [3.8, 4) is 0 Å². The minimum Gasteiger partial charge on any atom is -0.478 e. The van der Waals surface area contributed by atoms with E-state index in [0.29, 0.717) is 12.3 Å². The number of anilines is 1. The number of likely N-dealkylation sites (N-methyl/N-ethyl adjacent to an activating group) is 1. The molecule has 1 aromatic rings. The Bertz CT molecular complexity index is 507. The topological polar surface area (TPSA) is 78.9 Å². The second-order valence-corrected chi connectivity index (χ2v) is 4.82. The lowest BCUT2D eigenvalue weighted by Gasteiger charge is -2.24. The SMILES string of the molecule is COCC(C)N(C)C(=O)Nc1cc(Cl)cc(C(=O)O)c1. The van der Waals surface area contributed by atoms with Crippen molar-refractivity contribution in [3.05, 3.63) is 28.8 Å². The molecule has 0 saturated heterocycles. The number of carbonyl (C=O) groups is 2. The lowest BCUT2D eigenvalue weighted by molar-refractivity contribution is 0.0697. The number of methoxy groups -OCH3 is 1. The molecule has 2 N–H and O–H groups in total. The molecule has 0 aliphatic rings. The van der Waals surface area contributed by atoms with Crippen LogP contribution in [0.15, 0.2) is 18.2 Å². The number of carboxylic acids is 1. The molecule has 1 unspecified atom stereocenters. The number of rotatable bonds is 5. The van der Waals surface area contributed by atoms with Crippen molar-refractivity contribution < 1.29 is 19.4 Å². The van der Waals surface area contributed by atoms with Crippen molar-refractivity contribution in [2.75, 3.05) is 26.1 Å². The number of hydrogen-bond donors (Lipinski definition) is 2. The molecule has 6 nitrogen and oxygen atoms in total. The summed E-state index contributed by atoms with van der Waals surface area (Å²) in [5.74, 6) is -1.11. The fourth-order valence-electron chi connectivity index (χ4n) is 1.55. The molecule has 0 fully saturated rings. The van der Waals surface area contributed by atoms with Gasteiger partial charge in [0.15, 0.2) is 0 Å². The second-order valence-electron chi connectivity index (χ2n) is 4.38. The Morgan fingerprint density at radius 3 is 2.65 bits per heavy atom. The second kappa shape index (κ2) is 7.12. The van der Waals surface area contributed by atoms with Gasteiger partial charge < -0.3 is 20.1 Å². The van der Waals surface area contributed by atoms with Crippen LogP contribution in [0.5, 0.6) is 0 Å². The molecule has 0 aliphatic heterocycles. The number of halogens is 1. The number of urea groups is 1. The molecular weight excluding hydrogens is 284 g/mol. The van der Waals surface area contributed by atoms with Gasteiger partial charge in [-0.25, -0.2) is 9.59 Å². The third-order valence-corrected chi connectivity index (χ3v) is 3.00. The van der Waals surface area contributed by atoms with Gasteiger partial charge in [-0.15, -0.1) is 0 Å². The zero-order valence-corrected chi connectivity index (χ0v) is 12.3. The van der Waals surface area contributed by atoms with Crippen LogP contribution in [0.25, 0.3) is 0 Å². The van der Waals surface area contributed by atoms with Crippen LogP contribution in [-0.2, 0) is 4.74 Å². The standard InChI is InChI=1S/C13H17ClN2O4/c1-8(7-20-3)16(2)13(19)15-11-5-9(12(17)18)4-10(14)6-11/h4-6,8H,7H2,1-3H3,(H,15,19)(H,17,18). The highest BCUT2D eigenvalue weighted by Gasteiger charge is 2.16. The van der Waals surface area contributed by atoms with Gasteiger partial charge >= 0.3 is 12.0 Å². The molecule has 2 amide bonds. The number of ether oxygens (including phenoxy) is 1. The number of carboxylic acid groups (broad SMARTS) is 1. The summed E-state index contributed by atoms with van der Waals surface area (Å²) in [5.41, 5.74) is 0.344. The quantitative estimate of drug-likeness (QED) is 0.876. The van der Waals surface area contributed by atoms with Gasteiger partial charge in [0, 0.05) is 24.9 Å². The monoisotopic (exact) mass is 300 g/mol. The van der Waals surface area contributed by atoms with Gasteiger partial charge in [-0.05, 0) is 25.1 Å². The largest absolute Gasteiger partial charge is 0.478 e.